The number of benzene rings is 1. The van der Waals surface area contributed by atoms with Gasteiger partial charge in [0.2, 0.25) is 5.91 Å². The summed E-state index contributed by atoms with van der Waals surface area (Å²) >= 11 is 1.76. The second-order valence-corrected chi connectivity index (χ2v) is 6.38. The standard InChI is InChI=1S/C16H21NO3S/c1-21-10-11-5-7-14(8-6-11)17-15(18)12-3-2-4-13(9-12)16(19)20/h5-8,12-13H,2-4,9-10H2,1H3,(H,17,18)(H,19,20). The molecule has 114 valence electrons. The molecule has 0 bridgehead atoms. The molecule has 0 spiro atoms. The quantitative estimate of drug-likeness (QED) is 0.875. The van der Waals surface area contributed by atoms with E-state index in [0.29, 0.717) is 12.8 Å². The summed E-state index contributed by atoms with van der Waals surface area (Å²) in [5.74, 6) is -0.450. The van der Waals surface area contributed by atoms with Gasteiger partial charge >= 0.3 is 5.97 Å². The summed E-state index contributed by atoms with van der Waals surface area (Å²) in [6.45, 7) is 0. The summed E-state index contributed by atoms with van der Waals surface area (Å²) in [5.41, 5.74) is 2.01. The highest BCUT2D eigenvalue weighted by Gasteiger charge is 2.30. The number of carboxylic acid groups (broad SMARTS) is 1. The van der Waals surface area contributed by atoms with E-state index in [0.717, 1.165) is 24.3 Å². The van der Waals surface area contributed by atoms with Crippen LogP contribution in [0.2, 0.25) is 0 Å². The van der Waals surface area contributed by atoms with Gasteiger partial charge in [0, 0.05) is 17.4 Å². The van der Waals surface area contributed by atoms with Gasteiger partial charge in [-0.2, -0.15) is 11.8 Å². The smallest absolute Gasteiger partial charge is 0.306 e. The van der Waals surface area contributed by atoms with Crippen molar-refractivity contribution in [1.82, 2.24) is 0 Å². The maximum absolute atomic E-state index is 12.2. The third-order valence-electron chi connectivity index (χ3n) is 3.93. The number of thioether (sulfide) groups is 1. The molecule has 1 saturated carbocycles. The Hall–Kier alpha value is -1.49. The second-order valence-electron chi connectivity index (χ2n) is 5.52. The van der Waals surface area contributed by atoms with E-state index in [9.17, 15) is 9.59 Å². The van der Waals surface area contributed by atoms with Gasteiger partial charge in [0.05, 0.1) is 5.92 Å². The molecule has 2 atom stereocenters. The van der Waals surface area contributed by atoms with Gasteiger partial charge in [-0.1, -0.05) is 18.6 Å². The summed E-state index contributed by atoms with van der Waals surface area (Å²) < 4.78 is 0. The maximum Gasteiger partial charge on any atom is 0.306 e. The number of amides is 1. The zero-order chi connectivity index (χ0) is 15.2. The number of carboxylic acids is 1. The number of carbonyl (C=O) groups excluding carboxylic acids is 1. The third-order valence-corrected chi connectivity index (χ3v) is 4.55. The summed E-state index contributed by atoms with van der Waals surface area (Å²) in [6, 6.07) is 7.82. The molecule has 1 aromatic rings. The highest BCUT2D eigenvalue weighted by Crippen LogP contribution is 2.30. The molecule has 1 aliphatic rings. The summed E-state index contributed by atoms with van der Waals surface area (Å²) in [7, 11) is 0. The van der Waals surface area contributed by atoms with E-state index in [1.54, 1.807) is 11.8 Å². The lowest BCUT2D eigenvalue weighted by molar-refractivity contribution is -0.143. The highest BCUT2D eigenvalue weighted by molar-refractivity contribution is 7.97. The molecule has 0 saturated heterocycles. The van der Waals surface area contributed by atoms with Crippen LogP contribution in [0.1, 0.15) is 31.2 Å². The number of anilines is 1. The van der Waals surface area contributed by atoms with Gasteiger partial charge in [0.25, 0.3) is 0 Å². The highest BCUT2D eigenvalue weighted by atomic mass is 32.2. The topological polar surface area (TPSA) is 66.4 Å². The van der Waals surface area contributed by atoms with Crippen LogP contribution in [0.4, 0.5) is 5.69 Å². The van der Waals surface area contributed by atoms with E-state index in [1.807, 2.05) is 24.3 Å². The maximum atomic E-state index is 12.2. The predicted molar refractivity (Wildman–Crippen MR) is 85.4 cm³/mol. The fourth-order valence-electron chi connectivity index (χ4n) is 2.75. The zero-order valence-corrected chi connectivity index (χ0v) is 13.0. The number of hydrogen-bond donors (Lipinski definition) is 2. The fourth-order valence-corrected chi connectivity index (χ4v) is 3.27. The molecule has 1 fully saturated rings. The molecule has 0 aliphatic heterocycles. The first kappa shape index (κ1) is 15.9. The first-order chi connectivity index (χ1) is 10.1. The van der Waals surface area contributed by atoms with Crippen LogP contribution >= 0.6 is 11.8 Å². The predicted octanol–water partition coefficient (Wildman–Crippen LogP) is 3.38. The monoisotopic (exact) mass is 307 g/mol. The number of carbonyl (C=O) groups is 2. The van der Waals surface area contributed by atoms with Crippen molar-refractivity contribution in [2.75, 3.05) is 11.6 Å². The van der Waals surface area contributed by atoms with Gasteiger partial charge in [-0.25, -0.2) is 0 Å². The Balaban J connectivity index is 1.92. The molecular weight excluding hydrogens is 286 g/mol. The Kier molecular flexibility index (Phi) is 5.67. The van der Waals surface area contributed by atoms with E-state index in [-0.39, 0.29) is 17.7 Å². The van der Waals surface area contributed by atoms with Crippen LogP contribution in [0, 0.1) is 11.8 Å². The minimum atomic E-state index is -0.783. The molecule has 4 nitrogen and oxygen atoms in total. The Labute approximate surface area is 129 Å². The second kappa shape index (κ2) is 7.50. The van der Waals surface area contributed by atoms with Crippen molar-refractivity contribution in [3.63, 3.8) is 0 Å². The van der Waals surface area contributed by atoms with Crippen LogP contribution in [-0.2, 0) is 15.3 Å². The summed E-state index contributed by atoms with van der Waals surface area (Å²) in [4.78, 5) is 23.3. The van der Waals surface area contributed by atoms with Crippen LogP contribution in [0.3, 0.4) is 0 Å². The van der Waals surface area contributed by atoms with Crippen molar-refractivity contribution in [3.05, 3.63) is 29.8 Å². The van der Waals surface area contributed by atoms with Gasteiger partial charge in [-0.05, 0) is 43.2 Å². The van der Waals surface area contributed by atoms with E-state index in [1.165, 1.54) is 5.56 Å². The lowest BCUT2D eigenvalue weighted by Crippen LogP contribution is -2.30. The molecular formula is C16H21NO3S. The average Bonchev–Trinajstić information content (AvgIpc) is 2.49. The molecule has 2 N–H and O–H groups in total. The average molecular weight is 307 g/mol. The van der Waals surface area contributed by atoms with Crippen molar-refractivity contribution in [1.29, 1.82) is 0 Å². The van der Waals surface area contributed by atoms with Gasteiger partial charge < -0.3 is 10.4 Å². The van der Waals surface area contributed by atoms with Crippen molar-refractivity contribution >= 4 is 29.3 Å². The minimum absolute atomic E-state index is 0.0569. The Bertz CT molecular complexity index is 501. The molecule has 1 amide bonds. The first-order valence-corrected chi connectivity index (χ1v) is 8.61. The summed E-state index contributed by atoms with van der Waals surface area (Å²) in [5, 5.41) is 12.0. The third kappa shape index (κ3) is 4.49. The van der Waals surface area contributed by atoms with Crippen LogP contribution in [0.5, 0.6) is 0 Å². The molecule has 5 heteroatoms. The molecule has 0 heterocycles. The van der Waals surface area contributed by atoms with E-state index in [2.05, 4.69) is 11.6 Å². The van der Waals surface area contributed by atoms with Crippen LogP contribution in [-0.4, -0.2) is 23.2 Å². The van der Waals surface area contributed by atoms with Crippen LogP contribution in [0.15, 0.2) is 24.3 Å². The number of nitrogens with one attached hydrogen (secondary N) is 1. The Morgan fingerprint density at radius 3 is 2.52 bits per heavy atom. The van der Waals surface area contributed by atoms with Crippen LogP contribution < -0.4 is 5.32 Å². The zero-order valence-electron chi connectivity index (χ0n) is 12.2. The largest absolute Gasteiger partial charge is 0.481 e. The normalized spacial score (nSPS) is 21.8. The number of aliphatic carboxylic acids is 1. The minimum Gasteiger partial charge on any atom is -0.481 e. The van der Waals surface area contributed by atoms with Gasteiger partial charge in [-0.15, -0.1) is 0 Å². The van der Waals surface area contributed by atoms with Gasteiger partial charge in [-0.3, -0.25) is 9.59 Å². The van der Waals surface area contributed by atoms with E-state index in [4.69, 9.17) is 5.11 Å². The Morgan fingerprint density at radius 1 is 1.24 bits per heavy atom. The van der Waals surface area contributed by atoms with Gasteiger partial charge in [0.15, 0.2) is 0 Å². The number of rotatable bonds is 5. The van der Waals surface area contributed by atoms with Crippen molar-refractivity contribution < 1.29 is 14.7 Å². The first-order valence-electron chi connectivity index (χ1n) is 7.21. The molecule has 1 aliphatic carbocycles. The van der Waals surface area contributed by atoms with Crippen molar-refractivity contribution in [3.8, 4) is 0 Å². The summed E-state index contributed by atoms with van der Waals surface area (Å²) in [6.07, 6.45) is 4.77. The van der Waals surface area contributed by atoms with Crippen LogP contribution in [0.25, 0.3) is 0 Å². The number of hydrogen-bond acceptors (Lipinski definition) is 3. The van der Waals surface area contributed by atoms with Gasteiger partial charge in [0.1, 0.15) is 0 Å². The Morgan fingerprint density at radius 2 is 1.90 bits per heavy atom. The fraction of sp³-hybridized carbons (Fsp3) is 0.500. The van der Waals surface area contributed by atoms with E-state index >= 15 is 0 Å². The SMILES string of the molecule is CSCc1ccc(NC(=O)C2CCCC(C(=O)O)C2)cc1. The lowest BCUT2D eigenvalue weighted by Gasteiger charge is -2.25. The van der Waals surface area contributed by atoms with E-state index < -0.39 is 5.97 Å². The van der Waals surface area contributed by atoms with Crippen molar-refractivity contribution in [2.45, 2.75) is 31.4 Å². The van der Waals surface area contributed by atoms with Crippen molar-refractivity contribution in [2.24, 2.45) is 11.8 Å². The molecule has 2 rings (SSSR count). The molecule has 21 heavy (non-hydrogen) atoms. The molecule has 1 aromatic carbocycles. The lowest BCUT2D eigenvalue weighted by atomic mass is 9.81. The molecule has 2 unspecified atom stereocenters. The molecule has 0 aromatic heterocycles. The molecule has 0 radical (unpaired) electrons.